The summed E-state index contributed by atoms with van der Waals surface area (Å²) in [5, 5.41) is 14.2. The van der Waals surface area contributed by atoms with Crippen LogP contribution in [-0.4, -0.2) is 39.3 Å². The first kappa shape index (κ1) is 9.21. The summed E-state index contributed by atoms with van der Waals surface area (Å²) in [6.07, 6.45) is 2.14. The molecular weight excluding hydrogens is 182 g/mol. The number of rotatable bonds is 1. The Balaban J connectivity index is 2.38. The van der Waals surface area contributed by atoms with E-state index in [9.17, 15) is 9.90 Å². The van der Waals surface area contributed by atoms with Crippen LogP contribution >= 0.6 is 0 Å². The van der Waals surface area contributed by atoms with Crippen LogP contribution in [-0.2, 0) is 17.4 Å². The fourth-order valence-electron chi connectivity index (χ4n) is 1.73. The van der Waals surface area contributed by atoms with Gasteiger partial charge in [0.05, 0.1) is 0 Å². The Morgan fingerprint density at radius 2 is 2.29 bits per heavy atom. The summed E-state index contributed by atoms with van der Waals surface area (Å²) in [6, 6.07) is 1.68. The van der Waals surface area contributed by atoms with Crippen LogP contribution < -0.4 is 0 Å². The van der Waals surface area contributed by atoms with E-state index in [0.717, 1.165) is 0 Å². The lowest BCUT2D eigenvalue weighted by Gasteiger charge is -2.17. The van der Waals surface area contributed by atoms with E-state index in [2.05, 4.69) is 5.10 Å². The van der Waals surface area contributed by atoms with Gasteiger partial charge in [-0.3, -0.25) is 9.48 Å². The van der Waals surface area contributed by atoms with Crippen molar-refractivity contribution in [1.29, 1.82) is 0 Å². The molecule has 0 spiro atoms. The maximum atomic E-state index is 11.7. The average Bonchev–Trinajstić information content (AvgIpc) is 2.68. The number of carbonyl (C=O) groups excluding carboxylic acids is 1. The molecule has 1 amide bonds. The highest BCUT2D eigenvalue weighted by Gasteiger charge is 2.46. The number of nitrogens with zero attached hydrogens (tertiary/aromatic N) is 3. The molecule has 0 aliphatic carbocycles. The molecule has 1 aromatic heterocycles. The Morgan fingerprint density at radius 1 is 1.57 bits per heavy atom. The molecule has 5 heteroatoms. The van der Waals surface area contributed by atoms with Crippen LogP contribution in [0.15, 0.2) is 12.3 Å². The number of likely N-dealkylation sites (N-methyl/N-ethyl adjacent to an activating group) is 1. The highest BCUT2D eigenvalue weighted by Crippen LogP contribution is 2.30. The molecule has 1 saturated heterocycles. The zero-order valence-electron chi connectivity index (χ0n) is 8.27. The molecular formula is C9H13N3O2. The number of aliphatic hydroxyl groups is 1. The molecule has 1 aromatic rings. The first-order valence-corrected chi connectivity index (χ1v) is 4.52. The number of hydrogen-bond acceptors (Lipinski definition) is 3. The van der Waals surface area contributed by atoms with Gasteiger partial charge in [0.2, 0.25) is 0 Å². The van der Waals surface area contributed by atoms with Crippen LogP contribution in [0, 0.1) is 0 Å². The van der Waals surface area contributed by atoms with E-state index in [0.29, 0.717) is 18.7 Å². The Kier molecular flexibility index (Phi) is 1.85. The first-order chi connectivity index (χ1) is 6.54. The minimum absolute atomic E-state index is 0.267. The summed E-state index contributed by atoms with van der Waals surface area (Å²) in [4.78, 5) is 13.2. The van der Waals surface area contributed by atoms with E-state index in [1.165, 1.54) is 4.90 Å². The molecule has 0 saturated carbocycles. The van der Waals surface area contributed by atoms with Gasteiger partial charge in [-0.15, -0.1) is 0 Å². The number of hydrogen-bond donors (Lipinski definition) is 1. The molecule has 14 heavy (non-hydrogen) atoms. The van der Waals surface area contributed by atoms with Crippen molar-refractivity contribution in [2.24, 2.45) is 7.05 Å². The first-order valence-electron chi connectivity index (χ1n) is 4.52. The molecule has 0 radical (unpaired) electrons. The minimum Gasteiger partial charge on any atom is -0.374 e. The van der Waals surface area contributed by atoms with Crippen LogP contribution in [0.1, 0.15) is 12.1 Å². The van der Waals surface area contributed by atoms with Crippen LogP contribution in [0.4, 0.5) is 0 Å². The summed E-state index contributed by atoms with van der Waals surface area (Å²) >= 11 is 0. The summed E-state index contributed by atoms with van der Waals surface area (Å²) in [7, 11) is 3.44. The zero-order chi connectivity index (χ0) is 10.3. The van der Waals surface area contributed by atoms with Gasteiger partial charge < -0.3 is 10.0 Å². The molecule has 2 rings (SSSR count). The van der Waals surface area contributed by atoms with Crippen LogP contribution in [0.3, 0.4) is 0 Å². The van der Waals surface area contributed by atoms with Gasteiger partial charge in [0.1, 0.15) is 5.69 Å². The highest BCUT2D eigenvalue weighted by molar-refractivity contribution is 5.87. The van der Waals surface area contributed by atoms with Gasteiger partial charge in [0.25, 0.3) is 5.91 Å². The lowest BCUT2D eigenvalue weighted by Crippen LogP contribution is -2.36. The average molecular weight is 195 g/mol. The molecule has 0 aromatic carbocycles. The largest absolute Gasteiger partial charge is 0.374 e. The SMILES string of the molecule is CN1CCC(O)(c2ccn(C)n2)C1=O. The van der Waals surface area contributed by atoms with Crippen molar-refractivity contribution in [3.05, 3.63) is 18.0 Å². The molecule has 1 aliphatic rings. The lowest BCUT2D eigenvalue weighted by molar-refractivity contribution is -0.143. The molecule has 1 unspecified atom stereocenters. The van der Waals surface area contributed by atoms with Gasteiger partial charge in [0.15, 0.2) is 5.60 Å². The summed E-state index contributed by atoms with van der Waals surface area (Å²) in [5.74, 6) is -0.267. The fraction of sp³-hybridized carbons (Fsp3) is 0.556. The summed E-state index contributed by atoms with van der Waals surface area (Å²) < 4.78 is 1.58. The van der Waals surface area contributed by atoms with E-state index < -0.39 is 5.60 Å². The van der Waals surface area contributed by atoms with Crippen molar-refractivity contribution in [2.75, 3.05) is 13.6 Å². The maximum absolute atomic E-state index is 11.7. The van der Waals surface area contributed by atoms with Crippen LogP contribution in [0.5, 0.6) is 0 Å². The van der Waals surface area contributed by atoms with Gasteiger partial charge in [0, 0.05) is 33.3 Å². The quantitative estimate of drug-likeness (QED) is 0.655. The van der Waals surface area contributed by atoms with Crippen molar-refractivity contribution in [3.8, 4) is 0 Å². The third-order valence-corrected chi connectivity index (χ3v) is 2.65. The lowest BCUT2D eigenvalue weighted by atomic mass is 9.98. The Labute approximate surface area is 81.9 Å². The van der Waals surface area contributed by atoms with Gasteiger partial charge >= 0.3 is 0 Å². The topological polar surface area (TPSA) is 58.4 Å². The van der Waals surface area contributed by atoms with E-state index >= 15 is 0 Å². The highest BCUT2D eigenvalue weighted by atomic mass is 16.3. The zero-order valence-corrected chi connectivity index (χ0v) is 8.27. The van der Waals surface area contributed by atoms with Gasteiger partial charge in [-0.2, -0.15) is 5.10 Å². The van der Waals surface area contributed by atoms with Gasteiger partial charge in [-0.05, 0) is 6.07 Å². The van der Waals surface area contributed by atoms with E-state index in [-0.39, 0.29) is 5.91 Å². The van der Waals surface area contributed by atoms with Crippen molar-refractivity contribution < 1.29 is 9.90 Å². The van der Waals surface area contributed by atoms with Crippen molar-refractivity contribution in [3.63, 3.8) is 0 Å². The number of aryl methyl sites for hydroxylation is 1. The number of carbonyl (C=O) groups is 1. The van der Waals surface area contributed by atoms with Crippen LogP contribution in [0.2, 0.25) is 0 Å². The van der Waals surface area contributed by atoms with Crippen LogP contribution in [0.25, 0.3) is 0 Å². The molecule has 1 aliphatic heterocycles. The predicted octanol–water partition coefficient (Wildman–Crippen LogP) is -0.530. The number of aromatic nitrogens is 2. The second-order valence-electron chi connectivity index (χ2n) is 3.71. The van der Waals surface area contributed by atoms with Crippen molar-refractivity contribution in [1.82, 2.24) is 14.7 Å². The van der Waals surface area contributed by atoms with Crippen molar-refractivity contribution in [2.45, 2.75) is 12.0 Å². The molecule has 0 bridgehead atoms. The second-order valence-corrected chi connectivity index (χ2v) is 3.71. The molecule has 5 nitrogen and oxygen atoms in total. The Morgan fingerprint density at radius 3 is 2.71 bits per heavy atom. The Bertz CT molecular complexity index is 374. The van der Waals surface area contributed by atoms with E-state index in [4.69, 9.17) is 0 Å². The molecule has 1 fully saturated rings. The molecule has 2 heterocycles. The number of likely N-dealkylation sites (tertiary alicyclic amines) is 1. The van der Waals surface area contributed by atoms with Gasteiger partial charge in [-0.25, -0.2) is 0 Å². The molecule has 1 N–H and O–H groups in total. The smallest absolute Gasteiger partial charge is 0.260 e. The van der Waals surface area contributed by atoms with Gasteiger partial charge in [-0.1, -0.05) is 0 Å². The molecule has 1 atom stereocenters. The monoisotopic (exact) mass is 195 g/mol. The second kappa shape index (κ2) is 2.81. The van der Waals surface area contributed by atoms with Crippen molar-refractivity contribution >= 4 is 5.91 Å². The standard InChI is InChI=1S/C9H13N3O2/c1-11-6-4-9(14,8(11)13)7-3-5-12(2)10-7/h3,5,14H,4,6H2,1-2H3. The third kappa shape index (κ3) is 1.13. The van der Waals surface area contributed by atoms with E-state index in [1.54, 1.807) is 31.0 Å². The third-order valence-electron chi connectivity index (χ3n) is 2.65. The molecule has 76 valence electrons. The predicted molar refractivity (Wildman–Crippen MR) is 49.4 cm³/mol. The number of amides is 1. The van der Waals surface area contributed by atoms with E-state index in [1.807, 2.05) is 0 Å². The summed E-state index contributed by atoms with van der Waals surface area (Å²) in [5.41, 5.74) is -0.968. The summed E-state index contributed by atoms with van der Waals surface area (Å²) in [6.45, 7) is 0.575. The normalized spacial score (nSPS) is 27.4. The fourth-order valence-corrected chi connectivity index (χ4v) is 1.73. The Hall–Kier alpha value is -1.36. The minimum atomic E-state index is -1.41. The maximum Gasteiger partial charge on any atom is 0.260 e.